The van der Waals surface area contributed by atoms with Crippen LogP contribution >= 0.6 is 0 Å². The van der Waals surface area contributed by atoms with Crippen molar-refractivity contribution in [1.82, 2.24) is 4.90 Å². The second-order valence-electron chi connectivity index (χ2n) is 11.1. The highest BCUT2D eigenvalue weighted by Gasteiger charge is 2.59. The number of likely N-dealkylation sites (tertiary alicyclic amines) is 1. The number of allylic oxidation sites excluding steroid dienone is 4. The summed E-state index contributed by atoms with van der Waals surface area (Å²) in [5.74, 6) is 2.89. The molecule has 1 heterocycles. The molecule has 5 rings (SSSR count). The summed E-state index contributed by atoms with van der Waals surface area (Å²) in [6.07, 6.45) is 16.3. The summed E-state index contributed by atoms with van der Waals surface area (Å²) in [6.45, 7) is 7.77. The maximum Gasteiger partial charge on any atom is 0.136 e. The van der Waals surface area contributed by atoms with Crippen LogP contribution in [0.3, 0.4) is 0 Å². The van der Waals surface area contributed by atoms with E-state index in [9.17, 15) is 9.90 Å². The Kier molecular flexibility index (Phi) is 4.96. The molecule has 6 atom stereocenters. The molecule has 0 unspecified atom stereocenters. The summed E-state index contributed by atoms with van der Waals surface area (Å²) in [4.78, 5) is 15.0. The largest absolute Gasteiger partial charge is 0.396 e. The van der Waals surface area contributed by atoms with Gasteiger partial charge in [-0.3, -0.25) is 4.79 Å². The summed E-state index contributed by atoms with van der Waals surface area (Å²) in [5, 5.41) is 9.86. The predicted octanol–water partition coefficient (Wildman–Crippen LogP) is 5.11. The van der Waals surface area contributed by atoms with Gasteiger partial charge in [0, 0.05) is 43.7 Å². The van der Waals surface area contributed by atoms with Crippen molar-refractivity contribution < 1.29 is 9.90 Å². The lowest BCUT2D eigenvalue weighted by molar-refractivity contribution is -0.122. The minimum absolute atomic E-state index is 0.208. The van der Waals surface area contributed by atoms with Gasteiger partial charge in [0.05, 0.1) is 0 Å². The average molecular weight is 398 g/mol. The van der Waals surface area contributed by atoms with Gasteiger partial charge in [-0.1, -0.05) is 31.6 Å². The molecule has 160 valence electrons. The molecule has 0 bridgehead atoms. The van der Waals surface area contributed by atoms with Crippen LogP contribution in [0.25, 0.3) is 0 Å². The summed E-state index contributed by atoms with van der Waals surface area (Å²) >= 11 is 0. The number of carbonyl (C=O) groups excluding carboxylic acids is 1. The molecule has 1 saturated heterocycles. The summed E-state index contributed by atoms with van der Waals surface area (Å²) in [7, 11) is 0. The van der Waals surface area contributed by atoms with E-state index in [0.717, 1.165) is 19.3 Å². The molecule has 1 aliphatic heterocycles. The Morgan fingerprint density at radius 2 is 1.90 bits per heavy atom. The van der Waals surface area contributed by atoms with Crippen LogP contribution in [0.15, 0.2) is 23.4 Å². The lowest BCUT2D eigenvalue weighted by Gasteiger charge is -2.60. The number of Topliss-reactive ketones (excluding diaryl/α,β-unsaturated/α-hetero) is 1. The third kappa shape index (κ3) is 2.98. The smallest absolute Gasteiger partial charge is 0.136 e. The Labute approximate surface area is 176 Å². The Bertz CT molecular complexity index is 733. The van der Waals surface area contributed by atoms with Crippen LogP contribution in [0.2, 0.25) is 0 Å². The molecule has 2 saturated carbocycles. The maximum atomic E-state index is 12.2. The Balaban J connectivity index is 1.49. The van der Waals surface area contributed by atoms with E-state index in [1.807, 2.05) is 0 Å². The van der Waals surface area contributed by atoms with Gasteiger partial charge in [-0.15, -0.1) is 0 Å². The quantitative estimate of drug-likeness (QED) is 0.673. The molecule has 0 spiro atoms. The molecule has 3 nitrogen and oxygen atoms in total. The van der Waals surface area contributed by atoms with Gasteiger partial charge in [-0.05, 0) is 80.5 Å². The first kappa shape index (κ1) is 19.8. The third-order valence-electron chi connectivity index (χ3n) is 9.80. The SMILES string of the molecule is C[C@]12CCC(=O)CC1=C[C@H](CCO)[C@@H]1[C@@H]2CC[C@]2(C)C(N3CCCCC3)=CC[C@@H]12. The highest BCUT2D eigenvalue weighted by molar-refractivity contribution is 5.82. The first-order valence-corrected chi connectivity index (χ1v) is 12.3. The molecule has 3 heteroatoms. The van der Waals surface area contributed by atoms with Crippen LogP contribution < -0.4 is 0 Å². The number of hydrogen-bond acceptors (Lipinski definition) is 3. The van der Waals surface area contributed by atoms with Crippen LogP contribution in [-0.2, 0) is 4.79 Å². The lowest BCUT2D eigenvalue weighted by Crippen LogP contribution is -2.53. The first-order valence-electron chi connectivity index (χ1n) is 12.3. The second-order valence-corrected chi connectivity index (χ2v) is 11.1. The number of rotatable bonds is 3. The average Bonchev–Trinajstić information content (AvgIpc) is 3.07. The van der Waals surface area contributed by atoms with Crippen molar-refractivity contribution >= 4 is 5.78 Å². The van der Waals surface area contributed by atoms with Crippen molar-refractivity contribution in [2.75, 3.05) is 19.7 Å². The van der Waals surface area contributed by atoms with Crippen LogP contribution in [0.5, 0.6) is 0 Å². The Morgan fingerprint density at radius 1 is 1.10 bits per heavy atom. The van der Waals surface area contributed by atoms with E-state index < -0.39 is 0 Å². The molecule has 5 aliphatic rings. The minimum atomic E-state index is 0.208. The van der Waals surface area contributed by atoms with Crippen molar-refractivity contribution in [3.05, 3.63) is 23.4 Å². The summed E-state index contributed by atoms with van der Waals surface area (Å²) < 4.78 is 0. The zero-order chi connectivity index (χ0) is 20.2. The van der Waals surface area contributed by atoms with Gasteiger partial charge in [0.15, 0.2) is 0 Å². The first-order chi connectivity index (χ1) is 14.0. The highest BCUT2D eigenvalue weighted by Crippen LogP contribution is 2.66. The van der Waals surface area contributed by atoms with Crippen LogP contribution in [0.1, 0.15) is 78.1 Å². The topological polar surface area (TPSA) is 40.5 Å². The number of piperidine rings is 1. The van der Waals surface area contributed by atoms with Gasteiger partial charge in [0.2, 0.25) is 0 Å². The molecule has 0 radical (unpaired) electrons. The van der Waals surface area contributed by atoms with Crippen LogP contribution in [0, 0.1) is 34.5 Å². The number of hydrogen-bond donors (Lipinski definition) is 1. The van der Waals surface area contributed by atoms with E-state index >= 15 is 0 Å². The minimum Gasteiger partial charge on any atom is -0.396 e. The third-order valence-corrected chi connectivity index (χ3v) is 9.80. The van der Waals surface area contributed by atoms with Crippen molar-refractivity contribution in [3.8, 4) is 0 Å². The monoisotopic (exact) mass is 397 g/mol. The maximum absolute atomic E-state index is 12.2. The molecular weight excluding hydrogens is 358 g/mol. The van der Waals surface area contributed by atoms with Gasteiger partial charge >= 0.3 is 0 Å². The van der Waals surface area contributed by atoms with Crippen molar-refractivity contribution in [3.63, 3.8) is 0 Å². The normalized spacial score (nSPS) is 44.5. The lowest BCUT2D eigenvalue weighted by atomic mass is 9.45. The number of aliphatic hydroxyl groups is 1. The number of ketones is 1. The van der Waals surface area contributed by atoms with Gasteiger partial charge < -0.3 is 10.0 Å². The van der Waals surface area contributed by atoms with Gasteiger partial charge in [0.1, 0.15) is 5.78 Å². The fourth-order valence-corrected chi connectivity index (χ4v) is 8.24. The fourth-order valence-electron chi connectivity index (χ4n) is 8.24. The van der Waals surface area contributed by atoms with Gasteiger partial charge in [-0.2, -0.15) is 0 Å². The molecule has 29 heavy (non-hydrogen) atoms. The molecule has 4 aliphatic carbocycles. The van der Waals surface area contributed by atoms with Gasteiger partial charge in [-0.25, -0.2) is 0 Å². The number of carbonyl (C=O) groups is 1. The van der Waals surface area contributed by atoms with E-state index in [4.69, 9.17) is 0 Å². The number of fused-ring (bicyclic) bond motifs is 5. The summed E-state index contributed by atoms with van der Waals surface area (Å²) in [6, 6.07) is 0. The van der Waals surface area contributed by atoms with E-state index in [2.05, 4.69) is 30.9 Å². The standard InChI is InChI=1S/C26H39NO2/c1-25-11-8-20(29)17-19(25)16-18(10-15-28)24-21-6-7-23(27-13-4-3-5-14-27)26(21,2)12-9-22(24)25/h7,16,18,21-22,24,28H,3-6,8-15,17H2,1-2H3/t18-,21-,22-,24-,25-,26-/m0/s1. The van der Waals surface area contributed by atoms with Crippen LogP contribution in [0.4, 0.5) is 0 Å². The molecule has 0 aromatic carbocycles. The number of nitrogens with zero attached hydrogens (tertiary/aromatic N) is 1. The zero-order valence-corrected chi connectivity index (χ0v) is 18.5. The molecule has 1 N–H and O–H groups in total. The van der Waals surface area contributed by atoms with E-state index in [1.165, 1.54) is 57.2 Å². The second kappa shape index (κ2) is 7.25. The predicted molar refractivity (Wildman–Crippen MR) is 116 cm³/mol. The van der Waals surface area contributed by atoms with Crippen molar-refractivity contribution in [2.45, 2.75) is 78.1 Å². The Morgan fingerprint density at radius 3 is 2.66 bits per heavy atom. The van der Waals surface area contributed by atoms with Crippen molar-refractivity contribution in [1.29, 1.82) is 0 Å². The van der Waals surface area contributed by atoms with Gasteiger partial charge in [0.25, 0.3) is 0 Å². The van der Waals surface area contributed by atoms with E-state index in [-0.39, 0.29) is 12.0 Å². The Hall–Kier alpha value is -1.09. The van der Waals surface area contributed by atoms with Crippen LogP contribution in [-0.4, -0.2) is 35.5 Å². The van der Waals surface area contributed by atoms with Crippen molar-refractivity contribution in [2.24, 2.45) is 34.5 Å². The summed E-state index contributed by atoms with van der Waals surface area (Å²) in [5.41, 5.74) is 3.58. The highest BCUT2D eigenvalue weighted by atomic mass is 16.3. The molecule has 3 fully saturated rings. The molecule has 0 aromatic heterocycles. The molecular formula is C26H39NO2. The van der Waals surface area contributed by atoms with E-state index in [1.54, 1.807) is 5.70 Å². The molecule has 0 amide bonds. The van der Waals surface area contributed by atoms with E-state index in [0.29, 0.717) is 41.3 Å². The zero-order valence-electron chi connectivity index (χ0n) is 18.5. The number of aliphatic hydroxyl groups excluding tert-OH is 1. The fraction of sp³-hybridized carbons (Fsp3) is 0.808. The molecule has 0 aromatic rings.